The van der Waals surface area contributed by atoms with E-state index in [9.17, 15) is 18.4 Å². The second-order valence-corrected chi connectivity index (χ2v) is 7.44. The van der Waals surface area contributed by atoms with Crippen LogP contribution in [0.4, 0.5) is 13.2 Å². The molecule has 0 fully saturated rings. The number of aromatic nitrogens is 1. The number of benzene rings is 2. The molecule has 2 aromatic carbocycles. The smallest absolute Gasteiger partial charge is 0.416 e. The minimum atomic E-state index is -4.45. The van der Waals surface area contributed by atoms with Crippen molar-refractivity contribution in [3.63, 3.8) is 0 Å². The fourth-order valence-electron chi connectivity index (χ4n) is 2.69. The van der Waals surface area contributed by atoms with Gasteiger partial charge in [0.1, 0.15) is 11.1 Å². The molecule has 0 aliphatic carbocycles. The van der Waals surface area contributed by atoms with E-state index >= 15 is 0 Å². The van der Waals surface area contributed by atoms with E-state index in [0.29, 0.717) is 26.8 Å². The summed E-state index contributed by atoms with van der Waals surface area (Å²) in [5.41, 5.74) is 0.265. The number of hydrogen-bond acceptors (Lipinski definition) is 5. The number of halogens is 3. The molecule has 3 rings (SSSR count). The second kappa shape index (κ2) is 8.13. The predicted molar refractivity (Wildman–Crippen MR) is 107 cm³/mol. The van der Waals surface area contributed by atoms with Crippen molar-refractivity contribution >= 4 is 33.2 Å². The Balaban J connectivity index is 2.09. The lowest BCUT2D eigenvalue weighted by Gasteiger charge is -2.16. The molecule has 0 aliphatic heterocycles. The van der Waals surface area contributed by atoms with Gasteiger partial charge in [-0.1, -0.05) is 12.1 Å². The Labute approximate surface area is 169 Å². The predicted octanol–water partition coefficient (Wildman–Crippen LogP) is 6.18. The molecule has 0 aliphatic rings. The van der Waals surface area contributed by atoms with Gasteiger partial charge in [0, 0.05) is 5.56 Å². The lowest BCUT2D eigenvalue weighted by atomic mass is 10.1. The number of thiazole rings is 1. The van der Waals surface area contributed by atoms with Gasteiger partial charge in [0.15, 0.2) is 11.5 Å². The van der Waals surface area contributed by atoms with Crippen LogP contribution in [0.15, 0.2) is 36.4 Å². The fraction of sp³-hybridized carbons (Fsp3) is 0.238. The number of methoxy groups -OCH3 is 1. The van der Waals surface area contributed by atoms with Crippen LogP contribution in [0.1, 0.15) is 30.0 Å². The highest BCUT2D eigenvalue weighted by atomic mass is 32.1. The van der Waals surface area contributed by atoms with Crippen molar-refractivity contribution in [1.29, 1.82) is 5.26 Å². The molecular weight excluding hydrogens is 401 g/mol. The van der Waals surface area contributed by atoms with Crippen LogP contribution in [0.25, 0.3) is 21.9 Å². The zero-order valence-electron chi connectivity index (χ0n) is 15.9. The second-order valence-electron chi connectivity index (χ2n) is 6.41. The molecule has 0 saturated heterocycles. The summed E-state index contributed by atoms with van der Waals surface area (Å²) in [7, 11) is 1.52. The Morgan fingerprint density at radius 1 is 1.24 bits per heavy atom. The molecule has 3 aromatic rings. The number of allylic oxidation sites excluding steroid dienone is 1. The van der Waals surface area contributed by atoms with Crippen molar-refractivity contribution in [3.05, 3.63) is 52.5 Å². The number of nitrogens with zero attached hydrogens (tertiary/aromatic N) is 2. The van der Waals surface area contributed by atoms with E-state index in [0.717, 1.165) is 23.5 Å². The summed E-state index contributed by atoms with van der Waals surface area (Å²) in [4.78, 5) is 4.24. The Hall–Kier alpha value is -3.05. The molecule has 150 valence electrons. The van der Waals surface area contributed by atoms with Crippen molar-refractivity contribution in [2.24, 2.45) is 0 Å². The molecule has 0 radical (unpaired) electrons. The Bertz CT molecular complexity index is 1110. The van der Waals surface area contributed by atoms with Crippen molar-refractivity contribution in [1.82, 2.24) is 4.98 Å². The molecule has 8 heteroatoms. The van der Waals surface area contributed by atoms with Crippen LogP contribution >= 0.6 is 11.3 Å². The lowest BCUT2D eigenvalue weighted by molar-refractivity contribution is -0.137. The topological polar surface area (TPSA) is 55.1 Å². The van der Waals surface area contributed by atoms with Crippen molar-refractivity contribution in [2.75, 3.05) is 7.11 Å². The largest absolute Gasteiger partial charge is 0.493 e. The van der Waals surface area contributed by atoms with Gasteiger partial charge in [0.25, 0.3) is 0 Å². The SMILES string of the molecule is COc1cccc(/C=C(\C#N)c2nc3cc(C(F)(F)F)ccc3s2)c1OC(C)C. The van der Waals surface area contributed by atoms with Crippen LogP contribution < -0.4 is 9.47 Å². The third-order valence-corrected chi connectivity index (χ3v) is 5.02. The van der Waals surface area contributed by atoms with Gasteiger partial charge in [-0.2, -0.15) is 18.4 Å². The lowest BCUT2D eigenvalue weighted by Crippen LogP contribution is -2.08. The highest BCUT2D eigenvalue weighted by Gasteiger charge is 2.30. The maximum atomic E-state index is 12.9. The Morgan fingerprint density at radius 3 is 2.62 bits per heavy atom. The first-order valence-electron chi connectivity index (χ1n) is 8.66. The number of para-hydroxylation sites is 1. The molecule has 0 spiro atoms. The van der Waals surface area contributed by atoms with E-state index in [1.807, 2.05) is 13.8 Å². The summed E-state index contributed by atoms with van der Waals surface area (Å²) in [5, 5.41) is 9.98. The van der Waals surface area contributed by atoms with Crippen LogP contribution in [0, 0.1) is 11.3 Å². The summed E-state index contributed by atoms with van der Waals surface area (Å²) < 4.78 is 50.6. The van der Waals surface area contributed by atoms with E-state index in [1.54, 1.807) is 24.3 Å². The summed E-state index contributed by atoms with van der Waals surface area (Å²) in [5.74, 6) is 1.00. The van der Waals surface area contributed by atoms with Crippen LogP contribution in [0.5, 0.6) is 11.5 Å². The molecule has 4 nitrogen and oxygen atoms in total. The van der Waals surface area contributed by atoms with Crippen LogP contribution in [-0.4, -0.2) is 18.2 Å². The number of ether oxygens (including phenoxy) is 2. The van der Waals surface area contributed by atoms with Gasteiger partial charge in [-0.05, 0) is 44.2 Å². The Kier molecular flexibility index (Phi) is 5.80. The average molecular weight is 418 g/mol. The van der Waals surface area contributed by atoms with Gasteiger partial charge >= 0.3 is 6.18 Å². The molecular formula is C21H17F3N2O2S. The third kappa shape index (κ3) is 4.51. The summed E-state index contributed by atoms with van der Waals surface area (Å²) in [6.07, 6.45) is -2.97. The molecule has 29 heavy (non-hydrogen) atoms. The molecule has 1 heterocycles. The number of rotatable bonds is 5. The summed E-state index contributed by atoms with van der Waals surface area (Å²) in [6, 6.07) is 10.7. The van der Waals surface area contributed by atoms with E-state index in [1.165, 1.54) is 13.2 Å². The van der Waals surface area contributed by atoms with Gasteiger partial charge in [0.05, 0.1) is 34.6 Å². The monoisotopic (exact) mass is 418 g/mol. The van der Waals surface area contributed by atoms with Gasteiger partial charge in [-0.3, -0.25) is 0 Å². The van der Waals surface area contributed by atoms with Gasteiger partial charge in [0.2, 0.25) is 0 Å². The third-order valence-electron chi connectivity index (χ3n) is 3.95. The molecule has 0 amide bonds. The van der Waals surface area contributed by atoms with Crippen molar-refractivity contribution in [2.45, 2.75) is 26.1 Å². The van der Waals surface area contributed by atoms with Gasteiger partial charge < -0.3 is 9.47 Å². The maximum Gasteiger partial charge on any atom is 0.416 e. The molecule has 0 N–H and O–H groups in total. The van der Waals surface area contributed by atoms with Crippen LogP contribution in [0.3, 0.4) is 0 Å². The zero-order chi connectivity index (χ0) is 21.2. The van der Waals surface area contributed by atoms with E-state index in [-0.39, 0.29) is 17.2 Å². The van der Waals surface area contributed by atoms with Crippen LogP contribution in [0.2, 0.25) is 0 Å². The van der Waals surface area contributed by atoms with Crippen molar-refractivity contribution in [3.8, 4) is 17.6 Å². The molecule has 0 bridgehead atoms. The van der Waals surface area contributed by atoms with Gasteiger partial charge in [-0.25, -0.2) is 4.98 Å². The van der Waals surface area contributed by atoms with E-state index in [4.69, 9.17) is 9.47 Å². The zero-order valence-corrected chi connectivity index (χ0v) is 16.7. The summed E-state index contributed by atoms with van der Waals surface area (Å²) >= 11 is 1.16. The number of hydrogen-bond donors (Lipinski definition) is 0. The fourth-order valence-corrected chi connectivity index (χ4v) is 3.60. The minimum Gasteiger partial charge on any atom is -0.493 e. The summed E-state index contributed by atoms with van der Waals surface area (Å²) in [6.45, 7) is 3.74. The molecule has 0 saturated carbocycles. The van der Waals surface area contributed by atoms with Crippen molar-refractivity contribution < 1.29 is 22.6 Å². The molecule has 0 unspecified atom stereocenters. The number of fused-ring (bicyclic) bond motifs is 1. The molecule has 1 aromatic heterocycles. The first kappa shape index (κ1) is 20.7. The minimum absolute atomic E-state index is 0.118. The maximum absolute atomic E-state index is 12.9. The normalized spacial score (nSPS) is 12.3. The number of nitriles is 1. The van der Waals surface area contributed by atoms with Gasteiger partial charge in [-0.15, -0.1) is 11.3 Å². The Morgan fingerprint density at radius 2 is 2.00 bits per heavy atom. The molecule has 0 atom stereocenters. The van der Waals surface area contributed by atoms with E-state index < -0.39 is 11.7 Å². The van der Waals surface area contributed by atoms with E-state index in [2.05, 4.69) is 11.1 Å². The quantitative estimate of drug-likeness (QED) is 0.465. The number of alkyl halides is 3. The first-order valence-corrected chi connectivity index (χ1v) is 9.48. The first-order chi connectivity index (χ1) is 13.7. The van der Waals surface area contributed by atoms with Crippen LogP contribution in [-0.2, 0) is 6.18 Å². The standard InChI is InChI=1S/C21H17F3N2O2S/c1-12(2)28-19-13(5-4-6-17(19)27-3)9-14(11-25)20-26-16-10-15(21(22,23)24)7-8-18(16)29-20/h4-10,12H,1-3H3/b14-9+. The average Bonchev–Trinajstić information content (AvgIpc) is 3.09. The highest BCUT2D eigenvalue weighted by molar-refractivity contribution is 7.19. The highest BCUT2D eigenvalue weighted by Crippen LogP contribution is 2.37.